The Kier molecular flexibility index (Phi) is 7.34. The van der Waals surface area contributed by atoms with Crippen LogP contribution in [0.1, 0.15) is 30.5 Å². The number of hydrogen-bond donors (Lipinski definition) is 1. The molecule has 1 fully saturated rings. The minimum Gasteiger partial charge on any atom is -0.491 e. The summed E-state index contributed by atoms with van der Waals surface area (Å²) in [6.07, 6.45) is 0.0759. The monoisotopic (exact) mass is 463 g/mol. The van der Waals surface area contributed by atoms with Crippen LogP contribution < -0.4 is 10.1 Å². The summed E-state index contributed by atoms with van der Waals surface area (Å²) in [6.45, 7) is 11.9. The molecule has 1 saturated heterocycles. The lowest BCUT2D eigenvalue weighted by atomic mass is 9.99. The van der Waals surface area contributed by atoms with Crippen LogP contribution in [0.25, 0.3) is 5.57 Å². The van der Waals surface area contributed by atoms with Crippen LogP contribution in [-0.4, -0.2) is 67.1 Å². The minimum atomic E-state index is -0.297. The quantitative estimate of drug-likeness (QED) is 0.603. The van der Waals surface area contributed by atoms with Gasteiger partial charge in [-0.25, -0.2) is 0 Å². The molecule has 0 unspecified atom stereocenters. The fourth-order valence-electron chi connectivity index (χ4n) is 4.16. The van der Waals surface area contributed by atoms with E-state index in [0.29, 0.717) is 37.6 Å². The number of hydrogen-bond acceptors (Lipinski definition) is 6. The predicted octanol–water partition coefficient (Wildman–Crippen LogP) is 3.61. The molecule has 34 heavy (non-hydrogen) atoms. The Morgan fingerprint density at radius 2 is 1.65 bits per heavy atom. The summed E-state index contributed by atoms with van der Waals surface area (Å²) in [7, 11) is 0. The van der Waals surface area contributed by atoms with E-state index < -0.39 is 0 Å². The smallest absolute Gasteiger partial charge is 0.278 e. The van der Waals surface area contributed by atoms with Crippen LogP contribution in [0, 0.1) is 13.8 Å². The van der Waals surface area contributed by atoms with E-state index in [1.807, 2.05) is 70.2 Å². The zero-order valence-corrected chi connectivity index (χ0v) is 20.4. The summed E-state index contributed by atoms with van der Waals surface area (Å²) >= 11 is 0. The van der Waals surface area contributed by atoms with Crippen molar-refractivity contribution in [2.45, 2.75) is 33.8 Å². The number of imide groups is 1. The largest absolute Gasteiger partial charge is 0.491 e. The van der Waals surface area contributed by atoms with Crippen molar-refractivity contribution in [3.8, 4) is 5.75 Å². The fraction of sp³-hybridized carbons (Fsp3) is 0.407. The molecule has 2 aromatic carbocycles. The number of morpholine rings is 1. The van der Waals surface area contributed by atoms with Crippen molar-refractivity contribution in [2.24, 2.45) is 0 Å². The Morgan fingerprint density at radius 1 is 0.941 bits per heavy atom. The maximum atomic E-state index is 13.5. The van der Waals surface area contributed by atoms with Crippen LogP contribution in [0.2, 0.25) is 0 Å². The van der Waals surface area contributed by atoms with Gasteiger partial charge in [0.05, 0.1) is 24.9 Å². The Bertz CT molecular complexity index is 1090. The van der Waals surface area contributed by atoms with Gasteiger partial charge in [-0.05, 0) is 68.7 Å². The standard InChI is InChI=1S/C27H33N3O4/c1-18(2)34-23-9-7-22(8-10-23)28-25-24(21-6-5-19(3)20(4)17-21)26(31)30(27(25)32)12-11-29-13-15-33-16-14-29/h5-10,17-18,28H,11-16H2,1-4H3. The van der Waals surface area contributed by atoms with E-state index in [9.17, 15) is 9.59 Å². The SMILES string of the molecule is Cc1ccc(C2=C(Nc3ccc(OC(C)C)cc3)C(=O)N(CCN3CCOCC3)C2=O)cc1C. The van der Waals surface area contributed by atoms with Crippen LogP contribution in [0.3, 0.4) is 0 Å². The average molecular weight is 464 g/mol. The molecule has 0 aromatic heterocycles. The highest BCUT2D eigenvalue weighted by Crippen LogP contribution is 2.32. The van der Waals surface area contributed by atoms with Gasteiger partial charge in [-0.2, -0.15) is 0 Å². The first kappa shape index (κ1) is 24.0. The van der Waals surface area contributed by atoms with Gasteiger partial charge in [0, 0.05) is 31.9 Å². The Balaban J connectivity index is 1.61. The summed E-state index contributed by atoms with van der Waals surface area (Å²) in [5.74, 6) is 0.197. The molecule has 0 saturated carbocycles. The zero-order chi connectivity index (χ0) is 24.2. The van der Waals surface area contributed by atoms with Crippen molar-refractivity contribution in [3.63, 3.8) is 0 Å². The Labute approximate surface area is 201 Å². The molecule has 180 valence electrons. The lowest BCUT2D eigenvalue weighted by Gasteiger charge is -2.28. The first-order chi connectivity index (χ1) is 16.3. The Hall–Kier alpha value is -3.16. The molecule has 0 spiro atoms. The molecule has 0 bridgehead atoms. The van der Waals surface area contributed by atoms with Gasteiger partial charge in [-0.1, -0.05) is 18.2 Å². The van der Waals surface area contributed by atoms with Crippen LogP contribution in [0.4, 0.5) is 5.69 Å². The maximum Gasteiger partial charge on any atom is 0.278 e. The molecule has 0 radical (unpaired) electrons. The second-order valence-electron chi connectivity index (χ2n) is 9.08. The van der Waals surface area contributed by atoms with Crippen molar-refractivity contribution < 1.29 is 19.1 Å². The number of anilines is 1. The topological polar surface area (TPSA) is 71.1 Å². The van der Waals surface area contributed by atoms with E-state index >= 15 is 0 Å². The van der Waals surface area contributed by atoms with Gasteiger partial charge < -0.3 is 14.8 Å². The van der Waals surface area contributed by atoms with Gasteiger partial charge in [-0.3, -0.25) is 19.4 Å². The van der Waals surface area contributed by atoms with E-state index in [4.69, 9.17) is 9.47 Å². The highest BCUT2D eigenvalue weighted by molar-refractivity contribution is 6.36. The number of carbonyl (C=O) groups is 2. The van der Waals surface area contributed by atoms with Gasteiger partial charge in [0.2, 0.25) is 0 Å². The second kappa shape index (κ2) is 10.4. The number of benzene rings is 2. The molecule has 2 aromatic rings. The fourth-order valence-corrected chi connectivity index (χ4v) is 4.16. The third kappa shape index (κ3) is 5.32. The van der Waals surface area contributed by atoms with Gasteiger partial charge in [0.25, 0.3) is 11.8 Å². The van der Waals surface area contributed by atoms with Crippen molar-refractivity contribution >= 4 is 23.1 Å². The number of ether oxygens (including phenoxy) is 2. The first-order valence-corrected chi connectivity index (χ1v) is 11.9. The summed E-state index contributed by atoms with van der Waals surface area (Å²) in [4.78, 5) is 30.5. The number of carbonyl (C=O) groups excluding carboxylic acids is 2. The van der Waals surface area contributed by atoms with Crippen LogP contribution in [-0.2, 0) is 14.3 Å². The number of rotatable bonds is 8. The molecule has 4 rings (SSSR count). The average Bonchev–Trinajstić information content (AvgIpc) is 3.05. The third-order valence-electron chi connectivity index (χ3n) is 6.20. The van der Waals surface area contributed by atoms with Crippen molar-refractivity contribution in [2.75, 3.05) is 44.7 Å². The number of nitrogens with one attached hydrogen (secondary N) is 1. The normalized spacial score (nSPS) is 17.1. The highest BCUT2D eigenvalue weighted by atomic mass is 16.5. The lowest BCUT2D eigenvalue weighted by molar-refractivity contribution is -0.137. The van der Waals surface area contributed by atoms with Crippen molar-refractivity contribution in [1.29, 1.82) is 0 Å². The van der Waals surface area contributed by atoms with Gasteiger partial charge in [-0.15, -0.1) is 0 Å². The molecule has 2 aliphatic rings. The van der Waals surface area contributed by atoms with E-state index in [1.165, 1.54) is 4.90 Å². The van der Waals surface area contributed by atoms with Crippen LogP contribution >= 0.6 is 0 Å². The number of aryl methyl sites for hydroxylation is 2. The van der Waals surface area contributed by atoms with Crippen molar-refractivity contribution in [3.05, 3.63) is 64.9 Å². The van der Waals surface area contributed by atoms with Gasteiger partial charge in [0.1, 0.15) is 11.4 Å². The summed E-state index contributed by atoms with van der Waals surface area (Å²) in [5, 5.41) is 3.23. The number of nitrogens with zero attached hydrogens (tertiary/aromatic N) is 2. The third-order valence-corrected chi connectivity index (χ3v) is 6.20. The first-order valence-electron chi connectivity index (χ1n) is 11.9. The summed E-state index contributed by atoms with van der Waals surface area (Å²) in [6, 6.07) is 13.3. The van der Waals surface area contributed by atoms with Gasteiger partial charge >= 0.3 is 0 Å². The molecule has 1 N–H and O–H groups in total. The molecule has 7 nitrogen and oxygen atoms in total. The summed E-state index contributed by atoms with van der Waals surface area (Å²) < 4.78 is 11.1. The van der Waals surface area contributed by atoms with E-state index in [0.717, 1.165) is 41.2 Å². The molecule has 2 amide bonds. The Morgan fingerprint density at radius 3 is 2.29 bits per heavy atom. The molecular formula is C27H33N3O4. The zero-order valence-electron chi connectivity index (χ0n) is 20.4. The van der Waals surface area contributed by atoms with Crippen molar-refractivity contribution in [1.82, 2.24) is 9.80 Å². The second-order valence-corrected chi connectivity index (χ2v) is 9.08. The number of amides is 2. The lowest BCUT2D eigenvalue weighted by Crippen LogP contribution is -2.43. The van der Waals surface area contributed by atoms with E-state index in [2.05, 4.69) is 10.2 Å². The molecule has 0 atom stereocenters. The van der Waals surface area contributed by atoms with E-state index in [1.54, 1.807) is 0 Å². The van der Waals surface area contributed by atoms with Crippen LogP contribution in [0.5, 0.6) is 5.75 Å². The van der Waals surface area contributed by atoms with Gasteiger partial charge in [0.15, 0.2) is 0 Å². The molecule has 7 heteroatoms. The molecule has 2 heterocycles. The predicted molar refractivity (Wildman–Crippen MR) is 133 cm³/mol. The summed E-state index contributed by atoms with van der Waals surface area (Å²) in [5.41, 5.74) is 4.42. The highest BCUT2D eigenvalue weighted by Gasteiger charge is 2.39. The minimum absolute atomic E-state index is 0.0759. The molecule has 2 aliphatic heterocycles. The van der Waals surface area contributed by atoms with Crippen LogP contribution in [0.15, 0.2) is 48.2 Å². The maximum absolute atomic E-state index is 13.5. The van der Waals surface area contributed by atoms with E-state index in [-0.39, 0.29) is 17.9 Å². The molecule has 0 aliphatic carbocycles. The molecular weight excluding hydrogens is 430 g/mol.